The quantitative estimate of drug-likeness (QED) is 0.610. The van der Waals surface area contributed by atoms with E-state index in [4.69, 9.17) is 4.74 Å². The van der Waals surface area contributed by atoms with E-state index >= 15 is 0 Å². The first-order chi connectivity index (χ1) is 12.7. The van der Waals surface area contributed by atoms with Crippen molar-refractivity contribution in [3.8, 4) is 17.0 Å². The Bertz CT molecular complexity index is 1090. The number of ether oxygens (including phenoxy) is 1. The van der Waals surface area contributed by atoms with Gasteiger partial charge in [-0.15, -0.1) is 0 Å². The number of carbonyl (C=O) groups excluding carboxylic acids is 1. The van der Waals surface area contributed by atoms with Crippen molar-refractivity contribution in [2.75, 3.05) is 12.4 Å². The summed E-state index contributed by atoms with van der Waals surface area (Å²) >= 11 is 0. The van der Waals surface area contributed by atoms with Gasteiger partial charge in [-0.2, -0.15) is 10.1 Å². The Morgan fingerprint density at radius 3 is 2.92 bits per heavy atom. The Kier molecular flexibility index (Phi) is 3.98. The van der Waals surface area contributed by atoms with Gasteiger partial charge in [0.05, 0.1) is 7.11 Å². The van der Waals surface area contributed by atoms with Crippen LogP contribution in [0, 0.1) is 0 Å². The molecule has 3 heterocycles. The molecular formula is C18H14N6O2. The number of nitrogens with zero attached hydrogens (tertiary/aromatic N) is 5. The van der Waals surface area contributed by atoms with Gasteiger partial charge < -0.3 is 10.1 Å². The average molecular weight is 346 g/mol. The summed E-state index contributed by atoms with van der Waals surface area (Å²) < 4.78 is 6.74. The highest BCUT2D eigenvalue weighted by molar-refractivity contribution is 6.05. The first kappa shape index (κ1) is 15.7. The molecule has 0 unspecified atom stereocenters. The van der Waals surface area contributed by atoms with Gasteiger partial charge in [0.2, 0.25) is 5.88 Å². The van der Waals surface area contributed by atoms with Crippen molar-refractivity contribution in [3.63, 3.8) is 0 Å². The number of hydrogen-bond donors (Lipinski definition) is 1. The van der Waals surface area contributed by atoms with Crippen LogP contribution < -0.4 is 10.1 Å². The average Bonchev–Trinajstić information content (AvgIpc) is 3.16. The van der Waals surface area contributed by atoms with Crippen LogP contribution in [0.3, 0.4) is 0 Å². The number of rotatable bonds is 4. The zero-order valence-corrected chi connectivity index (χ0v) is 13.8. The van der Waals surface area contributed by atoms with Crippen molar-refractivity contribution >= 4 is 17.4 Å². The number of aromatic nitrogens is 5. The number of benzene rings is 1. The third-order valence-electron chi connectivity index (χ3n) is 3.81. The van der Waals surface area contributed by atoms with Gasteiger partial charge in [0, 0.05) is 29.7 Å². The molecule has 0 saturated carbocycles. The fraction of sp³-hybridized carbons (Fsp3) is 0.0556. The fourth-order valence-electron chi connectivity index (χ4n) is 2.55. The van der Waals surface area contributed by atoms with Gasteiger partial charge in [0.15, 0.2) is 0 Å². The number of methoxy groups -OCH3 is 1. The molecule has 3 aromatic heterocycles. The van der Waals surface area contributed by atoms with E-state index in [1.165, 1.54) is 13.4 Å². The van der Waals surface area contributed by atoms with Crippen LogP contribution >= 0.6 is 0 Å². The standard InChI is InChI=1S/C18H14N6O2/c1-26-17-15(6-3-7-19-17)23-16(25)13-5-2-4-12(8-13)14-9-20-18-21-11-22-24(18)10-14/h2-11H,1H3,(H,23,25). The number of hydrogen-bond acceptors (Lipinski definition) is 6. The first-order valence-electron chi connectivity index (χ1n) is 7.81. The van der Waals surface area contributed by atoms with E-state index in [0.717, 1.165) is 11.1 Å². The van der Waals surface area contributed by atoms with Crippen molar-refractivity contribution in [1.82, 2.24) is 24.6 Å². The molecule has 1 amide bonds. The first-order valence-corrected chi connectivity index (χ1v) is 7.81. The van der Waals surface area contributed by atoms with E-state index in [0.29, 0.717) is 22.9 Å². The van der Waals surface area contributed by atoms with Gasteiger partial charge in [-0.05, 0) is 29.8 Å². The maximum Gasteiger partial charge on any atom is 0.255 e. The highest BCUT2D eigenvalue weighted by Crippen LogP contribution is 2.23. The zero-order valence-electron chi connectivity index (χ0n) is 13.8. The van der Waals surface area contributed by atoms with Gasteiger partial charge in [-0.1, -0.05) is 12.1 Å². The predicted molar refractivity (Wildman–Crippen MR) is 95.0 cm³/mol. The van der Waals surface area contributed by atoms with Crippen LogP contribution in [-0.2, 0) is 0 Å². The minimum atomic E-state index is -0.257. The van der Waals surface area contributed by atoms with E-state index in [9.17, 15) is 4.79 Å². The number of pyridine rings is 1. The lowest BCUT2D eigenvalue weighted by atomic mass is 10.1. The highest BCUT2D eigenvalue weighted by Gasteiger charge is 2.11. The molecule has 0 fully saturated rings. The van der Waals surface area contributed by atoms with E-state index < -0.39 is 0 Å². The third-order valence-corrected chi connectivity index (χ3v) is 3.81. The lowest BCUT2D eigenvalue weighted by molar-refractivity contribution is 0.102. The maximum atomic E-state index is 12.6. The molecule has 0 radical (unpaired) electrons. The molecule has 0 aliphatic rings. The summed E-state index contributed by atoms with van der Waals surface area (Å²) in [6.07, 6.45) is 6.56. The van der Waals surface area contributed by atoms with Crippen molar-refractivity contribution in [3.05, 3.63) is 66.9 Å². The van der Waals surface area contributed by atoms with Gasteiger partial charge >= 0.3 is 0 Å². The third kappa shape index (κ3) is 2.95. The normalized spacial score (nSPS) is 10.7. The summed E-state index contributed by atoms with van der Waals surface area (Å²) in [6, 6.07) is 10.7. The Hall–Kier alpha value is -3.81. The van der Waals surface area contributed by atoms with E-state index in [1.54, 1.807) is 41.2 Å². The van der Waals surface area contributed by atoms with Crippen molar-refractivity contribution in [2.45, 2.75) is 0 Å². The fourth-order valence-corrected chi connectivity index (χ4v) is 2.55. The topological polar surface area (TPSA) is 94.3 Å². The summed E-state index contributed by atoms with van der Waals surface area (Å²) in [4.78, 5) is 24.9. The second kappa shape index (κ2) is 6.60. The van der Waals surface area contributed by atoms with Crippen LogP contribution in [0.1, 0.15) is 10.4 Å². The van der Waals surface area contributed by atoms with Gasteiger partial charge in [-0.3, -0.25) is 4.79 Å². The predicted octanol–water partition coefficient (Wildman–Crippen LogP) is 2.45. The Labute approximate surface area is 148 Å². The summed E-state index contributed by atoms with van der Waals surface area (Å²) in [6.45, 7) is 0. The molecule has 0 aliphatic heterocycles. The van der Waals surface area contributed by atoms with Crippen molar-refractivity contribution in [1.29, 1.82) is 0 Å². The second-order valence-corrected chi connectivity index (χ2v) is 5.44. The van der Waals surface area contributed by atoms with Crippen molar-refractivity contribution in [2.24, 2.45) is 0 Å². The molecule has 0 spiro atoms. The zero-order chi connectivity index (χ0) is 17.9. The molecule has 1 N–H and O–H groups in total. The molecule has 4 aromatic rings. The Balaban J connectivity index is 1.63. The summed E-state index contributed by atoms with van der Waals surface area (Å²) in [7, 11) is 1.51. The lowest BCUT2D eigenvalue weighted by Gasteiger charge is -2.09. The molecule has 26 heavy (non-hydrogen) atoms. The highest BCUT2D eigenvalue weighted by atomic mass is 16.5. The van der Waals surface area contributed by atoms with Crippen LogP contribution in [0.15, 0.2) is 61.3 Å². The molecule has 4 rings (SSSR count). The maximum absolute atomic E-state index is 12.6. The largest absolute Gasteiger partial charge is 0.480 e. The Morgan fingerprint density at radius 1 is 1.12 bits per heavy atom. The molecule has 8 heteroatoms. The molecule has 0 atom stereocenters. The summed E-state index contributed by atoms with van der Waals surface area (Å²) in [5.41, 5.74) is 2.69. The molecule has 0 bridgehead atoms. The van der Waals surface area contributed by atoms with E-state index in [2.05, 4.69) is 25.4 Å². The van der Waals surface area contributed by atoms with E-state index in [1.807, 2.05) is 18.3 Å². The van der Waals surface area contributed by atoms with Crippen LogP contribution in [0.4, 0.5) is 5.69 Å². The number of amides is 1. The van der Waals surface area contributed by atoms with Crippen molar-refractivity contribution < 1.29 is 9.53 Å². The summed E-state index contributed by atoms with van der Waals surface area (Å²) in [5.74, 6) is 0.622. The SMILES string of the molecule is COc1ncccc1NC(=O)c1cccc(-c2cnc3ncnn3c2)c1. The minimum absolute atomic E-state index is 0.257. The number of fused-ring (bicyclic) bond motifs is 1. The lowest BCUT2D eigenvalue weighted by Crippen LogP contribution is -2.13. The number of anilines is 1. The van der Waals surface area contributed by atoms with Crippen LogP contribution in [0.25, 0.3) is 16.9 Å². The number of carbonyl (C=O) groups is 1. The van der Waals surface area contributed by atoms with Crippen LogP contribution in [0.2, 0.25) is 0 Å². The van der Waals surface area contributed by atoms with Gasteiger partial charge in [0.25, 0.3) is 11.7 Å². The Morgan fingerprint density at radius 2 is 2.04 bits per heavy atom. The molecule has 0 aliphatic carbocycles. The van der Waals surface area contributed by atoms with Crippen LogP contribution in [0.5, 0.6) is 5.88 Å². The molecular weight excluding hydrogens is 332 g/mol. The monoisotopic (exact) mass is 346 g/mol. The smallest absolute Gasteiger partial charge is 0.255 e. The minimum Gasteiger partial charge on any atom is -0.480 e. The van der Waals surface area contributed by atoms with E-state index in [-0.39, 0.29) is 5.91 Å². The molecule has 8 nitrogen and oxygen atoms in total. The van der Waals surface area contributed by atoms with Gasteiger partial charge in [-0.25, -0.2) is 14.5 Å². The number of nitrogens with one attached hydrogen (secondary N) is 1. The second-order valence-electron chi connectivity index (χ2n) is 5.44. The summed E-state index contributed by atoms with van der Waals surface area (Å²) in [5, 5.41) is 6.89. The molecule has 1 aromatic carbocycles. The molecule has 128 valence electrons. The molecule has 0 saturated heterocycles. The van der Waals surface area contributed by atoms with Gasteiger partial charge in [0.1, 0.15) is 12.0 Å². The van der Waals surface area contributed by atoms with Crippen LogP contribution in [-0.4, -0.2) is 37.6 Å².